The van der Waals surface area contributed by atoms with Crippen LogP contribution >= 0.6 is 0 Å². The summed E-state index contributed by atoms with van der Waals surface area (Å²) in [5.41, 5.74) is -3.06. The lowest BCUT2D eigenvalue weighted by Gasteiger charge is -2.31. The fourth-order valence-electron chi connectivity index (χ4n) is 2.83. The Morgan fingerprint density at radius 3 is 2.57 bits per heavy atom. The van der Waals surface area contributed by atoms with Gasteiger partial charge < -0.3 is 9.84 Å². The summed E-state index contributed by atoms with van der Waals surface area (Å²) in [6.45, 7) is 1.39. The first-order chi connectivity index (χ1) is 9.79. The van der Waals surface area contributed by atoms with Gasteiger partial charge in [-0.05, 0) is 25.7 Å². The summed E-state index contributed by atoms with van der Waals surface area (Å²) < 4.78 is 44.1. The number of hydrogen-bond donors (Lipinski definition) is 1. The second kappa shape index (κ2) is 5.82. The predicted octanol–water partition coefficient (Wildman–Crippen LogP) is 3.04. The summed E-state index contributed by atoms with van der Waals surface area (Å²) in [7, 11) is 0. The van der Waals surface area contributed by atoms with Gasteiger partial charge in [-0.3, -0.25) is 0 Å². The van der Waals surface area contributed by atoms with Gasteiger partial charge in [0.05, 0.1) is 6.61 Å². The Bertz CT molecular complexity index is 433. The lowest BCUT2D eigenvalue weighted by molar-refractivity contribution is -0.299. The van der Waals surface area contributed by atoms with E-state index >= 15 is 0 Å². The molecule has 1 aliphatic carbocycles. The van der Waals surface area contributed by atoms with Gasteiger partial charge in [-0.2, -0.15) is 23.3 Å². The highest BCUT2D eigenvalue weighted by molar-refractivity contribution is 5.91. The number of hydrogen-bond acceptors (Lipinski definition) is 4. The van der Waals surface area contributed by atoms with Crippen molar-refractivity contribution in [3.8, 4) is 0 Å². The summed E-state index contributed by atoms with van der Waals surface area (Å²) in [5, 5.41) is 13.8. The van der Waals surface area contributed by atoms with Crippen LogP contribution in [0.4, 0.5) is 18.0 Å². The zero-order valence-electron chi connectivity index (χ0n) is 11.8. The minimum Gasteiger partial charge on any atom is -0.448 e. The zero-order valence-corrected chi connectivity index (χ0v) is 11.8. The van der Waals surface area contributed by atoms with Crippen molar-refractivity contribution in [3.05, 3.63) is 0 Å². The van der Waals surface area contributed by atoms with Gasteiger partial charge >= 0.3 is 12.3 Å². The minimum atomic E-state index is -4.99. The van der Waals surface area contributed by atoms with Gasteiger partial charge in [0.1, 0.15) is 0 Å². The van der Waals surface area contributed by atoms with Gasteiger partial charge in [-0.25, -0.2) is 4.79 Å². The highest BCUT2D eigenvalue weighted by Crippen LogP contribution is 2.43. The van der Waals surface area contributed by atoms with Gasteiger partial charge in [0.25, 0.3) is 5.72 Å². The van der Waals surface area contributed by atoms with Crippen LogP contribution in [-0.4, -0.2) is 40.4 Å². The van der Waals surface area contributed by atoms with Gasteiger partial charge in [0, 0.05) is 12.1 Å². The number of halogens is 3. The molecule has 0 spiro atoms. The number of nitrogens with zero attached hydrogens (tertiary/aromatic N) is 2. The quantitative estimate of drug-likeness (QED) is 0.853. The van der Waals surface area contributed by atoms with Crippen molar-refractivity contribution in [2.45, 2.75) is 57.3 Å². The fourth-order valence-corrected chi connectivity index (χ4v) is 2.83. The highest BCUT2D eigenvalue weighted by atomic mass is 19.4. The maximum absolute atomic E-state index is 13.2. The van der Waals surface area contributed by atoms with Gasteiger partial charge in [0.2, 0.25) is 0 Å². The van der Waals surface area contributed by atoms with Crippen molar-refractivity contribution in [2.75, 3.05) is 6.61 Å². The summed E-state index contributed by atoms with van der Waals surface area (Å²) in [4.78, 5) is 11.7. The Hall–Kier alpha value is -1.31. The van der Waals surface area contributed by atoms with Crippen LogP contribution in [0, 0.1) is 5.92 Å². The molecule has 120 valence electrons. The molecule has 0 radical (unpaired) electrons. The molecule has 0 bridgehead atoms. The van der Waals surface area contributed by atoms with Gasteiger partial charge in [-0.1, -0.05) is 19.3 Å². The molecule has 1 N–H and O–H groups in total. The second-order valence-electron chi connectivity index (χ2n) is 5.43. The number of carbonyl (C=O) groups excluding carboxylic acids is 1. The van der Waals surface area contributed by atoms with Crippen molar-refractivity contribution in [1.82, 2.24) is 5.01 Å². The van der Waals surface area contributed by atoms with Gasteiger partial charge in [-0.15, -0.1) is 0 Å². The molecule has 0 unspecified atom stereocenters. The van der Waals surface area contributed by atoms with Crippen LogP contribution in [0.25, 0.3) is 0 Å². The Labute approximate surface area is 120 Å². The van der Waals surface area contributed by atoms with E-state index < -0.39 is 24.4 Å². The van der Waals surface area contributed by atoms with Crippen LogP contribution in [0.5, 0.6) is 0 Å². The molecule has 21 heavy (non-hydrogen) atoms. The first-order valence-corrected chi connectivity index (χ1v) is 7.13. The van der Waals surface area contributed by atoms with Crippen LogP contribution in [0.3, 0.4) is 0 Å². The third-order valence-corrected chi connectivity index (χ3v) is 3.98. The number of carbonyl (C=O) groups is 1. The molecule has 1 fully saturated rings. The molecule has 0 aromatic carbocycles. The Morgan fingerprint density at radius 1 is 1.43 bits per heavy atom. The second-order valence-corrected chi connectivity index (χ2v) is 5.43. The van der Waals surface area contributed by atoms with E-state index in [0.29, 0.717) is 0 Å². The third-order valence-electron chi connectivity index (χ3n) is 3.98. The first kappa shape index (κ1) is 16.1. The SMILES string of the molecule is CCOC(=O)N1N=C(C2CCCCC2)C[C@]1(O)C(F)(F)F. The molecule has 1 atom stereocenters. The maximum Gasteiger partial charge on any atom is 0.439 e. The third kappa shape index (κ3) is 3.00. The van der Waals surface area contributed by atoms with E-state index in [9.17, 15) is 23.1 Å². The molecule has 8 heteroatoms. The molecule has 2 aliphatic rings. The molecular formula is C13H19F3N2O3. The Balaban J connectivity index is 2.25. The number of amides is 1. The smallest absolute Gasteiger partial charge is 0.439 e. The molecule has 0 saturated heterocycles. The molecule has 2 rings (SSSR count). The van der Waals surface area contributed by atoms with Crippen molar-refractivity contribution in [2.24, 2.45) is 11.0 Å². The van der Waals surface area contributed by atoms with Crippen molar-refractivity contribution < 1.29 is 27.8 Å². The maximum atomic E-state index is 13.2. The average molecular weight is 308 g/mol. The molecule has 1 amide bonds. The van der Waals surface area contributed by atoms with E-state index in [1.54, 1.807) is 0 Å². The summed E-state index contributed by atoms with van der Waals surface area (Å²) in [6.07, 6.45) is -2.58. The largest absolute Gasteiger partial charge is 0.448 e. The lowest BCUT2D eigenvalue weighted by atomic mass is 9.83. The lowest BCUT2D eigenvalue weighted by Crippen LogP contribution is -2.56. The fraction of sp³-hybridized carbons (Fsp3) is 0.846. The van der Waals surface area contributed by atoms with Crippen LogP contribution in [-0.2, 0) is 4.74 Å². The highest BCUT2D eigenvalue weighted by Gasteiger charge is 2.64. The Morgan fingerprint density at radius 2 is 2.05 bits per heavy atom. The predicted molar refractivity (Wildman–Crippen MR) is 68.5 cm³/mol. The summed E-state index contributed by atoms with van der Waals surface area (Å²) >= 11 is 0. The average Bonchev–Trinajstić information content (AvgIpc) is 2.79. The summed E-state index contributed by atoms with van der Waals surface area (Å²) in [6, 6.07) is 0. The molecule has 0 aromatic rings. The van der Waals surface area contributed by atoms with Gasteiger partial charge in [0.15, 0.2) is 0 Å². The number of ether oxygens (including phenoxy) is 1. The van der Waals surface area contributed by atoms with E-state index in [1.165, 1.54) is 6.92 Å². The van der Waals surface area contributed by atoms with Crippen LogP contribution in [0.15, 0.2) is 5.10 Å². The molecule has 1 aliphatic heterocycles. The van der Waals surface area contributed by atoms with E-state index in [1.807, 2.05) is 0 Å². The molecular weight excluding hydrogens is 289 g/mol. The Kier molecular flexibility index (Phi) is 4.46. The van der Waals surface area contributed by atoms with E-state index in [0.717, 1.165) is 32.1 Å². The molecule has 1 saturated carbocycles. The normalized spacial score (nSPS) is 27.7. The molecule has 5 nitrogen and oxygen atoms in total. The topological polar surface area (TPSA) is 62.1 Å². The van der Waals surface area contributed by atoms with E-state index in [4.69, 9.17) is 0 Å². The summed E-state index contributed by atoms with van der Waals surface area (Å²) in [5.74, 6) is -0.105. The van der Waals surface area contributed by atoms with Crippen molar-refractivity contribution in [3.63, 3.8) is 0 Å². The number of aliphatic hydroxyl groups is 1. The first-order valence-electron chi connectivity index (χ1n) is 7.13. The number of alkyl halides is 3. The molecule has 1 heterocycles. The van der Waals surface area contributed by atoms with Crippen molar-refractivity contribution in [1.29, 1.82) is 0 Å². The monoisotopic (exact) mass is 308 g/mol. The number of rotatable bonds is 2. The van der Waals surface area contributed by atoms with E-state index in [2.05, 4.69) is 9.84 Å². The van der Waals surface area contributed by atoms with Crippen molar-refractivity contribution >= 4 is 11.8 Å². The minimum absolute atomic E-state index is 0.0560. The zero-order chi connectivity index (χ0) is 15.7. The van der Waals surface area contributed by atoms with Crippen LogP contribution < -0.4 is 0 Å². The number of hydrazone groups is 1. The standard InChI is InChI=1S/C13H19F3N2O3/c1-2-21-11(19)18-12(20,13(14,15)16)8-10(17-18)9-6-4-3-5-7-9/h9,20H,2-8H2,1H3/t12-/m0/s1. The van der Waals surface area contributed by atoms with Crippen LogP contribution in [0.2, 0.25) is 0 Å². The van der Waals surface area contributed by atoms with E-state index in [-0.39, 0.29) is 23.2 Å². The van der Waals surface area contributed by atoms with Crippen LogP contribution in [0.1, 0.15) is 45.4 Å². The molecule has 0 aromatic heterocycles.